The fraction of sp³-hybridized carbons (Fsp3) is 0.357. The zero-order valence-corrected chi connectivity index (χ0v) is 12.5. The molecule has 1 heterocycles. The van der Waals surface area contributed by atoms with E-state index < -0.39 is 5.97 Å². The van der Waals surface area contributed by atoms with Gasteiger partial charge in [-0.3, -0.25) is 5.10 Å². The number of carboxylic acid groups (broad SMARTS) is 1. The van der Waals surface area contributed by atoms with E-state index in [2.05, 4.69) is 22.1 Å². The van der Waals surface area contributed by atoms with Crippen LogP contribution in [0.15, 0.2) is 29.4 Å². The van der Waals surface area contributed by atoms with Gasteiger partial charge in [-0.05, 0) is 30.7 Å². The number of hydrogen-bond donors (Lipinski definition) is 2. The fourth-order valence-corrected chi connectivity index (χ4v) is 2.31. The first-order valence-corrected chi connectivity index (χ1v) is 7.68. The summed E-state index contributed by atoms with van der Waals surface area (Å²) in [7, 11) is 0. The largest absolute Gasteiger partial charge is 0.493 e. The lowest BCUT2D eigenvalue weighted by Crippen LogP contribution is -2.01. The fourth-order valence-electron chi connectivity index (χ4n) is 1.68. The number of H-pyrrole nitrogens is 1. The van der Waals surface area contributed by atoms with E-state index in [1.807, 2.05) is 0 Å². The summed E-state index contributed by atoms with van der Waals surface area (Å²) in [6.45, 7) is 2.60. The summed E-state index contributed by atoms with van der Waals surface area (Å²) >= 11 is 1.52. The molecule has 0 aliphatic carbocycles. The van der Waals surface area contributed by atoms with Gasteiger partial charge in [-0.15, -0.1) is 5.10 Å². The SMILES string of the molecule is CCCc1nc(SCCOc2ccc(C(=O)O)cc2)n[nH]1. The van der Waals surface area contributed by atoms with Crippen molar-refractivity contribution in [3.63, 3.8) is 0 Å². The van der Waals surface area contributed by atoms with Gasteiger partial charge in [-0.1, -0.05) is 18.7 Å². The lowest BCUT2D eigenvalue weighted by atomic mass is 10.2. The van der Waals surface area contributed by atoms with Crippen molar-refractivity contribution < 1.29 is 14.6 Å². The number of nitrogens with zero attached hydrogens (tertiary/aromatic N) is 2. The van der Waals surface area contributed by atoms with E-state index in [1.165, 1.54) is 23.9 Å². The van der Waals surface area contributed by atoms with Crippen molar-refractivity contribution in [3.8, 4) is 5.75 Å². The third-order valence-corrected chi connectivity index (χ3v) is 3.49. The van der Waals surface area contributed by atoms with Crippen molar-refractivity contribution in [1.29, 1.82) is 0 Å². The first-order chi connectivity index (χ1) is 10.2. The summed E-state index contributed by atoms with van der Waals surface area (Å²) in [6, 6.07) is 6.36. The lowest BCUT2D eigenvalue weighted by Gasteiger charge is -2.05. The molecule has 0 unspecified atom stereocenters. The third-order valence-electron chi connectivity index (χ3n) is 2.68. The van der Waals surface area contributed by atoms with E-state index in [4.69, 9.17) is 9.84 Å². The molecule has 1 aromatic heterocycles. The zero-order valence-electron chi connectivity index (χ0n) is 11.7. The Balaban J connectivity index is 1.72. The van der Waals surface area contributed by atoms with Gasteiger partial charge in [0.15, 0.2) is 0 Å². The summed E-state index contributed by atoms with van der Waals surface area (Å²) in [5, 5.41) is 16.5. The standard InChI is InChI=1S/C14H17N3O3S/c1-2-3-12-15-14(17-16-12)21-9-8-20-11-6-4-10(5-7-11)13(18)19/h4-7H,2-3,8-9H2,1H3,(H,18,19)(H,15,16,17). The Bertz CT molecular complexity index is 583. The number of hydrogen-bond acceptors (Lipinski definition) is 5. The molecule has 0 radical (unpaired) electrons. The number of benzene rings is 1. The predicted molar refractivity (Wildman–Crippen MR) is 80.0 cm³/mol. The minimum absolute atomic E-state index is 0.251. The third kappa shape index (κ3) is 4.78. The Labute approximate surface area is 126 Å². The van der Waals surface area contributed by atoms with Gasteiger partial charge in [0.25, 0.3) is 0 Å². The summed E-state index contributed by atoms with van der Waals surface area (Å²) < 4.78 is 5.54. The average Bonchev–Trinajstić information content (AvgIpc) is 2.92. The first-order valence-electron chi connectivity index (χ1n) is 6.69. The van der Waals surface area contributed by atoms with E-state index in [9.17, 15) is 4.79 Å². The highest BCUT2D eigenvalue weighted by atomic mass is 32.2. The van der Waals surface area contributed by atoms with Crippen LogP contribution in [0.1, 0.15) is 29.5 Å². The van der Waals surface area contributed by atoms with Gasteiger partial charge in [-0.2, -0.15) is 0 Å². The highest BCUT2D eigenvalue weighted by molar-refractivity contribution is 7.99. The molecule has 1 aromatic carbocycles. The normalized spacial score (nSPS) is 10.5. The quantitative estimate of drug-likeness (QED) is 0.576. The second kappa shape index (κ2) is 7.68. The Morgan fingerprint density at radius 3 is 2.81 bits per heavy atom. The highest BCUT2D eigenvalue weighted by Gasteiger charge is 2.04. The number of aromatic carboxylic acids is 1. The van der Waals surface area contributed by atoms with Gasteiger partial charge in [0.2, 0.25) is 5.16 Å². The maximum Gasteiger partial charge on any atom is 0.335 e. The van der Waals surface area contributed by atoms with Crippen LogP contribution in [-0.4, -0.2) is 38.6 Å². The molecule has 0 bridgehead atoms. The molecule has 0 aliphatic heterocycles. The molecule has 0 amide bonds. The predicted octanol–water partition coefficient (Wildman–Crippen LogP) is 2.63. The smallest absolute Gasteiger partial charge is 0.335 e. The Kier molecular flexibility index (Phi) is 5.62. The van der Waals surface area contributed by atoms with Gasteiger partial charge < -0.3 is 9.84 Å². The van der Waals surface area contributed by atoms with Crippen molar-refractivity contribution in [2.75, 3.05) is 12.4 Å². The molecule has 0 saturated carbocycles. The summed E-state index contributed by atoms with van der Waals surface area (Å²) in [5.41, 5.74) is 0.251. The molecule has 6 nitrogen and oxygen atoms in total. The molecular formula is C14H17N3O3S. The average molecular weight is 307 g/mol. The van der Waals surface area contributed by atoms with Gasteiger partial charge in [-0.25, -0.2) is 9.78 Å². The van der Waals surface area contributed by atoms with Crippen molar-refractivity contribution in [2.24, 2.45) is 0 Å². The number of thioether (sulfide) groups is 1. The van der Waals surface area contributed by atoms with Crippen LogP contribution in [0, 0.1) is 0 Å². The molecule has 0 fully saturated rings. The van der Waals surface area contributed by atoms with Crippen molar-refractivity contribution in [2.45, 2.75) is 24.9 Å². The van der Waals surface area contributed by atoms with Gasteiger partial charge in [0.05, 0.1) is 12.2 Å². The number of aromatic amines is 1. The van der Waals surface area contributed by atoms with Crippen molar-refractivity contribution in [3.05, 3.63) is 35.7 Å². The van der Waals surface area contributed by atoms with E-state index in [1.54, 1.807) is 12.1 Å². The number of aryl methyl sites for hydroxylation is 1. The number of carbonyl (C=O) groups is 1. The minimum Gasteiger partial charge on any atom is -0.493 e. The second-order valence-corrected chi connectivity index (χ2v) is 5.40. The van der Waals surface area contributed by atoms with E-state index in [-0.39, 0.29) is 5.56 Å². The monoisotopic (exact) mass is 307 g/mol. The van der Waals surface area contributed by atoms with Crippen LogP contribution in [0.2, 0.25) is 0 Å². The Morgan fingerprint density at radius 1 is 1.38 bits per heavy atom. The van der Waals surface area contributed by atoms with Gasteiger partial charge in [0, 0.05) is 12.2 Å². The molecule has 21 heavy (non-hydrogen) atoms. The van der Waals surface area contributed by atoms with Crippen LogP contribution in [-0.2, 0) is 6.42 Å². The van der Waals surface area contributed by atoms with Crippen molar-refractivity contribution >= 4 is 17.7 Å². The number of nitrogens with one attached hydrogen (secondary N) is 1. The molecule has 0 aliphatic rings. The molecule has 0 atom stereocenters. The van der Waals surface area contributed by atoms with Crippen LogP contribution in [0.4, 0.5) is 0 Å². The molecule has 0 spiro atoms. The molecule has 0 saturated heterocycles. The molecular weight excluding hydrogens is 290 g/mol. The topological polar surface area (TPSA) is 88.1 Å². The summed E-state index contributed by atoms with van der Waals surface area (Å²) in [6.07, 6.45) is 1.94. The second-order valence-electron chi connectivity index (χ2n) is 4.34. The molecule has 112 valence electrons. The van der Waals surface area contributed by atoms with Crippen LogP contribution in [0.3, 0.4) is 0 Å². The van der Waals surface area contributed by atoms with Crippen LogP contribution < -0.4 is 4.74 Å². The summed E-state index contributed by atoms with van der Waals surface area (Å²) in [5.74, 6) is 1.35. The lowest BCUT2D eigenvalue weighted by molar-refractivity contribution is 0.0697. The maximum atomic E-state index is 10.7. The van der Waals surface area contributed by atoms with E-state index >= 15 is 0 Å². The zero-order chi connectivity index (χ0) is 15.1. The van der Waals surface area contributed by atoms with Gasteiger partial charge in [0.1, 0.15) is 11.6 Å². The number of carboxylic acids is 1. The Hall–Kier alpha value is -2.02. The molecule has 2 aromatic rings. The number of aromatic nitrogens is 3. The number of rotatable bonds is 8. The maximum absolute atomic E-state index is 10.7. The van der Waals surface area contributed by atoms with Crippen LogP contribution in [0.25, 0.3) is 0 Å². The Morgan fingerprint density at radius 2 is 2.14 bits per heavy atom. The molecule has 2 rings (SSSR count). The molecule has 7 heteroatoms. The molecule has 2 N–H and O–H groups in total. The summed E-state index contributed by atoms with van der Waals surface area (Å²) in [4.78, 5) is 15.1. The highest BCUT2D eigenvalue weighted by Crippen LogP contribution is 2.15. The van der Waals surface area contributed by atoms with Crippen LogP contribution in [0.5, 0.6) is 5.75 Å². The minimum atomic E-state index is -0.940. The van der Waals surface area contributed by atoms with E-state index in [0.717, 1.165) is 29.6 Å². The van der Waals surface area contributed by atoms with E-state index in [0.29, 0.717) is 12.4 Å². The number of ether oxygens (including phenoxy) is 1. The van der Waals surface area contributed by atoms with Gasteiger partial charge >= 0.3 is 5.97 Å². The van der Waals surface area contributed by atoms with Crippen molar-refractivity contribution in [1.82, 2.24) is 15.2 Å². The van der Waals surface area contributed by atoms with Crippen LogP contribution >= 0.6 is 11.8 Å². The first kappa shape index (κ1) is 15.4.